The van der Waals surface area contributed by atoms with Crippen LogP contribution in [0, 0.1) is 29.6 Å². The van der Waals surface area contributed by atoms with Crippen LogP contribution in [0.1, 0.15) is 45.4 Å². The van der Waals surface area contributed by atoms with Crippen LogP contribution in [0.15, 0.2) is 0 Å². The van der Waals surface area contributed by atoms with Crippen LogP contribution in [0.2, 0.25) is 0 Å². The molecule has 0 aliphatic heterocycles. The maximum atomic E-state index is 12.0. The van der Waals surface area contributed by atoms with E-state index in [-0.39, 0.29) is 0 Å². The predicted molar refractivity (Wildman–Crippen MR) is 63.8 cm³/mol. The van der Waals surface area contributed by atoms with E-state index in [2.05, 4.69) is 12.2 Å². The van der Waals surface area contributed by atoms with Crippen LogP contribution in [0.4, 0.5) is 0 Å². The Morgan fingerprint density at radius 2 is 1.94 bits per heavy atom. The monoisotopic (exact) mass is 221 g/mol. The molecule has 0 spiro atoms. The summed E-state index contributed by atoms with van der Waals surface area (Å²) < 4.78 is 0. The lowest BCUT2D eigenvalue weighted by Gasteiger charge is -2.18. The zero-order valence-electron chi connectivity index (χ0n) is 10.2. The number of hydrogen-bond acceptors (Lipinski definition) is 1. The van der Waals surface area contributed by atoms with Gasteiger partial charge >= 0.3 is 0 Å². The van der Waals surface area contributed by atoms with Crippen LogP contribution in [0.3, 0.4) is 0 Å². The van der Waals surface area contributed by atoms with Crippen molar-refractivity contribution < 1.29 is 4.79 Å². The summed E-state index contributed by atoms with van der Waals surface area (Å²) in [5.41, 5.74) is 0. The van der Waals surface area contributed by atoms with E-state index in [0.717, 1.165) is 30.2 Å². The van der Waals surface area contributed by atoms with Crippen molar-refractivity contribution in [1.29, 1.82) is 0 Å². The van der Waals surface area contributed by atoms with Gasteiger partial charge in [-0.15, -0.1) is 0 Å². The number of carbonyl (C=O) groups excluding carboxylic acids is 1. The molecule has 0 aromatic rings. The highest BCUT2D eigenvalue weighted by Gasteiger charge is 2.47. The molecule has 3 saturated carbocycles. The minimum atomic E-state index is 0.353. The molecular formula is C14H23NO. The highest BCUT2D eigenvalue weighted by Crippen LogP contribution is 2.54. The predicted octanol–water partition coefficient (Wildman–Crippen LogP) is 2.58. The summed E-state index contributed by atoms with van der Waals surface area (Å²) in [7, 11) is 0. The minimum Gasteiger partial charge on any atom is -0.356 e. The molecule has 2 heteroatoms. The molecule has 0 aromatic carbocycles. The van der Waals surface area contributed by atoms with Crippen molar-refractivity contribution in [3.05, 3.63) is 0 Å². The second kappa shape index (κ2) is 4.05. The molecule has 3 aliphatic rings. The third-order valence-electron chi connectivity index (χ3n) is 5.19. The fourth-order valence-corrected chi connectivity index (χ4v) is 3.83. The Hall–Kier alpha value is -0.530. The molecule has 0 aromatic heterocycles. The van der Waals surface area contributed by atoms with Gasteiger partial charge in [0.2, 0.25) is 5.91 Å². The van der Waals surface area contributed by atoms with E-state index in [4.69, 9.17) is 0 Å². The van der Waals surface area contributed by atoms with Gasteiger partial charge in [0.1, 0.15) is 0 Å². The highest BCUT2D eigenvalue weighted by atomic mass is 16.1. The van der Waals surface area contributed by atoms with E-state index in [1.165, 1.54) is 38.5 Å². The SMILES string of the molecule is CC1CCCC1CNC(=O)C1CC2CC2C1. The van der Waals surface area contributed by atoms with Crippen LogP contribution in [-0.2, 0) is 4.79 Å². The van der Waals surface area contributed by atoms with Gasteiger partial charge < -0.3 is 5.32 Å². The third kappa shape index (κ3) is 1.99. The Balaban J connectivity index is 1.42. The number of carbonyl (C=O) groups is 1. The number of fused-ring (bicyclic) bond motifs is 1. The lowest BCUT2D eigenvalue weighted by Crippen LogP contribution is -2.34. The first kappa shape index (κ1) is 10.6. The minimum absolute atomic E-state index is 0.353. The fraction of sp³-hybridized carbons (Fsp3) is 0.929. The Morgan fingerprint density at radius 1 is 1.19 bits per heavy atom. The summed E-state index contributed by atoms with van der Waals surface area (Å²) in [5.74, 6) is 4.12. The van der Waals surface area contributed by atoms with Crippen LogP contribution in [-0.4, -0.2) is 12.5 Å². The van der Waals surface area contributed by atoms with E-state index in [1.807, 2.05) is 0 Å². The van der Waals surface area contributed by atoms with Gasteiger partial charge in [0.25, 0.3) is 0 Å². The van der Waals surface area contributed by atoms with Crippen molar-refractivity contribution >= 4 is 5.91 Å². The molecule has 1 amide bonds. The molecule has 16 heavy (non-hydrogen) atoms. The van der Waals surface area contributed by atoms with Gasteiger partial charge in [-0.05, 0) is 49.4 Å². The maximum Gasteiger partial charge on any atom is 0.223 e. The first-order valence-corrected chi connectivity index (χ1v) is 7.01. The molecular weight excluding hydrogens is 198 g/mol. The Labute approximate surface area is 98.2 Å². The summed E-state index contributed by atoms with van der Waals surface area (Å²) >= 11 is 0. The molecule has 0 heterocycles. The van der Waals surface area contributed by atoms with Crippen molar-refractivity contribution in [1.82, 2.24) is 5.32 Å². The van der Waals surface area contributed by atoms with Gasteiger partial charge in [-0.3, -0.25) is 4.79 Å². The Morgan fingerprint density at radius 3 is 2.56 bits per heavy atom. The van der Waals surface area contributed by atoms with Crippen LogP contribution >= 0.6 is 0 Å². The van der Waals surface area contributed by atoms with Gasteiger partial charge in [-0.1, -0.05) is 19.8 Å². The summed E-state index contributed by atoms with van der Waals surface area (Å²) in [4.78, 5) is 12.0. The molecule has 3 fully saturated rings. The fourth-order valence-electron chi connectivity index (χ4n) is 3.83. The summed E-state index contributed by atoms with van der Waals surface area (Å²) in [6, 6.07) is 0. The van der Waals surface area contributed by atoms with E-state index in [0.29, 0.717) is 11.8 Å². The average Bonchev–Trinajstić information content (AvgIpc) is 2.71. The molecule has 4 unspecified atom stereocenters. The second-order valence-corrected chi connectivity index (χ2v) is 6.34. The largest absolute Gasteiger partial charge is 0.356 e. The molecule has 90 valence electrons. The molecule has 3 aliphatic carbocycles. The summed E-state index contributed by atoms with van der Waals surface area (Å²) in [6.45, 7) is 3.26. The first-order valence-electron chi connectivity index (χ1n) is 7.01. The molecule has 0 bridgehead atoms. The molecule has 4 atom stereocenters. The van der Waals surface area contributed by atoms with E-state index in [9.17, 15) is 4.79 Å². The van der Waals surface area contributed by atoms with Gasteiger partial charge in [0.05, 0.1) is 0 Å². The van der Waals surface area contributed by atoms with Crippen molar-refractivity contribution in [3.63, 3.8) is 0 Å². The zero-order valence-corrected chi connectivity index (χ0v) is 10.2. The van der Waals surface area contributed by atoms with Crippen LogP contribution < -0.4 is 5.32 Å². The highest BCUT2D eigenvalue weighted by molar-refractivity contribution is 5.79. The maximum absolute atomic E-state index is 12.0. The summed E-state index contributed by atoms with van der Waals surface area (Å²) in [6.07, 6.45) is 7.79. The molecule has 2 nitrogen and oxygen atoms in total. The van der Waals surface area contributed by atoms with Crippen molar-refractivity contribution in [2.45, 2.75) is 45.4 Å². The average molecular weight is 221 g/mol. The van der Waals surface area contributed by atoms with E-state index < -0.39 is 0 Å². The third-order valence-corrected chi connectivity index (χ3v) is 5.19. The second-order valence-electron chi connectivity index (χ2n) is 6.34. The standard InChI is InChI=1S/C14H23NO/c1-9-3-2-4-10(9)8-15-14(16)13-6-11-5-12(11)7-13/h9-13H,2-8H2,1H3,(H,15,16). The van der Waals surface area contributed by atoms with Crippen LogP contribution in [0.5, 0.6) is 0 Å². The smallest absolute Gasteiger partial charge is 0.223 e. The molecule has 1 N–H and O–H groups in total. The van der Waals surface area contributed by atoms with Gasteiger partial charge in [0, 0.05) is 12.5 Å². The number of rotatable bonds is 3. The van der Waals surface area contributed by atoms with E-state index >= 15 is 0 Å². The molecule has 3 rings (SSSR count). The molecule has 0 radical (unpaired) electrons. The van der Waals surface area contributed by atoms with Crippen LogP contribution in [0.25, 0.3) is 0 Å². The topological polar surface area (TPSA) is 29.1 Å². The van der Waals surface area contributed by atoms with Gasteiger partial charge in [0.15, 0.2) is 0 Å². The first-order chi connectivity index (χ1) is 7.74. The van der Waals surface area contributed by atoms with Gasteiger partial charge in [-0.25, -0.2) is 0 Å². The number of amides is 1. The summed E-state index contributed by atoms with van der Waals surface area (Å²) in [5, 5.41) is 3.20. The normalized spacial score (nSPS) is 45.4. The lowest BCUT2D eigenvalue weighted by atomic mass is 9.97. The number of hydrogen-bond donors (Lipinski definition) is 1. The Bertz CT molecular complexity index is 278. The zero-order chi connectivity index (χ0) is 11.1. The van der Waals surface area contributed by atoms with E-state index in [1.54, 1.807) is 0 Å². The van der Waals surface area contributed by atoms with Gasteiger partial charge in [-0.2, -0.15) is 0 Å². The lowest BCUT2D eigenvalue weighted by molar-refractivity contribution is -0.125. The molecule has 0 saturated heterocycles. The Kier molecular flexibility index (Phi) is 2.68. The van der Waals surface area contributed by atoms with Crippen molar-refractivity contribution in [2.75, 3.05) is 6.54 Å². The number of nitrogens with one attached hydrogen (secondary N) is 1. The van der Waals surface area contributed by atoms with Crippen molar-refractivity contribution in [2.24, 2.45) is 29.6 Å². The van der Waals surface area contributed by atoms with Crippen molar-refractivity contribution in [3.8, 4) is 0 Å². The quantitative estimate of drug-likeness (QED) is 0.779.